The molecule has 0 aliphatic carbocycles. The summed E-state index contributed by atoms with van der Waals surface area (Å²) in [6, 6.07) is 7.92. The Hall–Kier alpha value is -1.35. The molecule has 1 aromatic rings. The second-order valence-electron chi connectivity index (χ2n) is 5.17. The highest BCUT2D eigenvalue weighted by atomic mass is 16.5. The first kappa shape index (κ1) is 13.7. The van der Waals surface area contributed by atoms with Crippen LogP contribution in [0.4, 0.5) is 0 Å². The lowest BCUT2D eigenvalue weighted by Crippen LogP contribution is -2.26. The van der Waals surface area contributed by atoms with E-state index in [0.717, 1.165) is 5.56 Å². The van der Waals surface area contributed by atoms with Crippen LogP contribution >= 0.6 is 0 Å². The highest BCUT2D eigenvalue weighted by Crippen LogP contribution is 2.26. The number of ether oxygens (including phenoxy) is 1. The number of benzene rings is 1. The van der Waals surface area contributed by atoms with Gasteiger partial charge in [-0.3, -0.25) is 0 Å². The van der Waals surface area contributed by atoms with Crippen LogP contribution < -0.4 is 0 Å². The van der Waals surface area contributed by atoms with Crippen LogP contribution in [0.2, 0.25) is 0 Å². The average molecular weight is 236 g/mol. The molecule has 0 fully saturated rings. The van der Waals surface area contributed by atoms with Gasteiger partial charge in [0.05, 0.1) is 0 Å². The lowest BCUT2D eigenvalue weighted by atomic mass is 9.82. The minimum Gasteiger partial charge on any atom is -0.479 e. The van der Waals surface area contributed by atoms with Crippen LogP contribution in [0.5, 0.6) is 0 Å². The fourth-order valence-corrected chi connectivity index (χ4v) is 1.90. The summed E-state index contributed by atoms with van der Waals surface area (Å²) in [6.07, 6.45) is -0.377. The first-order valence-corrected chi connectivity index (χ1v) is 5.70. The first-order chi connectivity index (χ1) is 7.86. The fraction of sp³-hybridized carbons (Fsp3) is 0.500. The Kier molecular flexibility index (Phi) is 4.29. The van der Waals surface area contributed by atoms with Gasteiger partial charge in [0, 0.05) is 13.5 Å². The van der Waals surface area contributed by atoms with Crippen molar-refractivity contribution in [2.45, 2.75) is 38.7 Å². The second kappa shape index (κ2) is 5.32. The third kappa shape index (κ3) is 3.56. The Labute approximate surface area is 102 Å². The van der Waals surface area contributed by atoms with Gasteiger partial charge in [-0.2, -0.15) is 0 Å². The van der Waals surface area contributed by atoms with Gasteiger partial charge in [0.1, 0.15) is 0 Å². The zero-order valence-corrected chi connectivity index (χ0v) is 10.9. The molecule has 0 saturated heterocycles. The van der Waals surface area contributed by atoms with E-state index in [1.807, 2.05) is 24.3 Å². The van der Waals surface area contributed by atoms with Gasteiger partial charge in [0.15, 0.2) is 6.10 Å². The summed E-state index contributed by atoms with van der Waals surface area (Å²) in [5.41, 5.74) is 2.21. The van der Waals surface area contributed by atoms with Gasteiger partial charge in [0.25, 0.3) is 0 Å². The molecule has 0 heterocycles. The van der Waals surface area contributed by atoms with Gasteiger partial charge >= 0.3 is 5.97 Å². The molecule has 17 heavy (non-hydrogen) atoms. The lowest BCUT2D eigenvalue weighted by molar-refractivity contribution is -0.148. The standard InChI is InChI=1S/C14H20O3/c1-14(2,3)11-8-6-5-7-10(11)9-12(17-4)13(15)16/h5-8,12H,9H2,1-4H3,(H,15,16). The minimum atomic E-state index is -0.920. The highest BCUT2D eigenvalue weighted by Gasteiger charge is 2.22. The monoisotopic (exact) mass is 236 g/mol. The second-order valence-corrected chi connectivity index (χ2v) is 5.17. The topological polar surface area (TPSA) is 46.5 Å². The molecule has 0 bridgehead atoms. The molecule has 0 saturated carbocycles. The van der Waals surface area contributed by atoms with Crippen LogP contribution in [0.25, 0.3) is 0 Å². The molecule has 0 aliphatic rings. The molecule has 1 atom stereocenters. The molecular formula is C14H20O3. The van der Waals surface area contributed by atoms with Crippen LogP contribution in [0.1, 0.15) is 31.9 Å². The molecule has 1 rings (SSSR count). The third-order valence-electron chi connectivity index (χ3n) is 2.79. The summed E-state index contributed by atoms with van der Waals surface area (Å²) in [5, 5.41) is 9.00. The molecule has 0 aliphatic heterocycles. The van der Waals surface area contributed by atoms with Gasteiger partial charge in [-0.15, -0.1) is 0 Å². The predicted octanol–water partition coefficient (Wildman–Crippen LogP) is 2.63. The Bertz CT molecular complexity index is 391. The zero-order chi connectivity index (χ0) is 13.1. The van der Waals surface area contributed by atoms with Crippen molar-refractivity contribution in [1.82, 2.24) is 0 Å². The molecule has 1 aromatic carbocycles. The number of carboxylic acids is 1. The van der Waals surface area contributed by atoms with Crippen LogP contribution in [0.15, 0.2) is 24.3 Å². The van der Waals surface area contributed by atoms with Gasteiger partial charge in [-0.1, -0.05) is 45.0 Å². The molecule has 3 heteroatoms. The van der Waals surface area contributed by atoms with Gasteiger partial charge < -0.3 is 9.84 Å². The Balaban J connectivity index is 3.02. The van der Waals surface area contributed by atoms with E-state index in [1.54, 1.807) is 0 Å². The van der Waals surface area contributed by atoms with Gasteiger partial charge in [-0.25, -0.2) is 4.79 Å². The Morgan fingerprint density at radius 3 is 2.41 bits per heavy atom. The van der Waals surface area contributed by atoms with Crippen molar-refractivity contribution in [1.29, 1.82) is 0 Å². The average Bonchev–Trinajstić information content (AvgIpc) is 2.24. The molecule has 94 valence electrons. The zero-order valence-electron chi connectivity index (χ0n) is 10.9. The van der Waals surface area contributed by atoms with E-state index in [9.17, 15) is 4.79 Å². The van der Waals surface area contributed by atoms with Crippen molar-refractivity contribution >= 4 is 5.97 Å². The normalized spacial score (nSPS) is 13.4. The van der Waals surface area contributed by atoms with Crippen molar-refractivity contribution in [2.75, 3.05) is 7.11 Å². The minimum absolute atomic E-state index is 0.00733. The van der Waals surface area contributed by atoms with E-state index in [0.29, 0.717) is 6.42 Å². The van der Waals surface area contributed by atoms with Gasteiger partial charge in [0.2, 0.25) is 0 Å². The maximum Gasteiger partial charge on any atom is 0.333 e. The number of carboxylic acid groups (broad SMARTS) is 1. The molecule has 1 N–H and O–H groups in total. The molecule has 0 aromatic heterocycles. The van der Waals surface area contributed by atoms with E-state index >= 15 is 0 Å². The Morgan fingerprint density at radius 2 is 1.94 bits per heavy atom. The van der Waals surface area contributed by atoms with Crippen molar-refractivity contribution in [2.24, 2.45) is 0 Å². The first-order valence-electron chi connectivity index (χ1n) is 5.70. The van der Waals surface area contributed by atoms with E-state index < -0.39 is 12.1 Å². The van der Waals surface area contributed by atoms with Crippen LogP contribution in [0.3, 0.4) is 0 Å². The highest BCUT2D eigenvalue weighted by molar-refractivity contribution is 5.72. The van der Waals surface area contributed by atoms with Crippen molar-refractivity contribution in [3.63, 3.8) is 0 Å². The number of carbonyl (C=O) groups is 1. The maximum atomic E-state index is 11.0. The van der Waals surface area contributed by atoms with E-state index in [1.165, 1.54) is 12.7 Å². The summed E-state index contributed by atoms with van der Waals surface area (Å²) in [4.78, 5) is 11.0. The number of hydrogen-bond donors (Lipinski definition) is 1. The molecule has 0 spiro atoms. The number of rotatable bonds is 4. The Morgan fingerprint density at radius 1 is 1.35 bits per heavy atom. The van der Waals surface area contributed by atoms with E-state index in [-0.39, 0.29) is 5.41 Å². The molecular weight excluding hydrogens is 216 g/mol. The maximum absolute atomic E-state index is 11.0. The van der Waals surface area contributed by atoms with Crippen molar-refractivity contribution < 1.29 is 14.6 Å². The largest absolute Gasteiger partial charge is 0.479 e. The van der Waals surface area contributed by atoms with Crippen molar-refractivity contribution in [3.8, 4) is 0 Å². The summed E-state index contributed by atoms with van der Waals surface area (Å²) < 4.78 is 4.98. The van der Waals surface area contributed by atoms with Crippen LogP contribution in [0, 0.1) is 0 Å². The molecule has 0 radical (unpaired) electrons. The SMILES string of the molecule is COC(Cc1ccccc1C(C)(C)C)C(=O)O. The van der Waals surface area contributed by atoms with Gasteiger partial charge in [-0.05, 0) is 16.5 Å². The van der Waals surface area contributed by atoms with Crippen molar-refractivity contribution in [3.05, 3.63) is 35.4 Å². The summed E-state index contributed by atoms with van der Waals surface area (Å²) in [6.45, 7) is 6.36. The summed E-state index contributed by atoms with van der Waals surface area (Å²) in [5.74, 6) is -0.920. The lowest BCUT2D eigenvalue weighted by Gasteiger charge is -2.24. The smallest absolute Gasteiger partial charge is 0.333 e. The summed E-state index contributed by atoms with van der Waals surface area (Å²) >= 11 is 0. The summed E-state index contributed by atoms with van der Waals surface area (Å²) in [7, 11) is 1.43. The predicted molar refractivity (Wildman–Crippen MR) is 67.3 cm³/mol. The molecule has 1 unspecified atom stereocenters. The number of methoxy groups -OCH3 is 1. The number of aliphatic carboxylic acids is 1. The van der Waals surface area contributed by atoms with E-state index in [2.05, 4.69) is 20.8 Å². The molecule has 3 nitrogen and oxygen atoms in total. The van der Waals surface area contributed by atoms with Crippen LogP contribution in [-0.2, 0) is 21.4 Å². The quantitative estimate of drug-likeness (QED) is 0.874. The van der Waals surface area contributed by atoms with Crippen LogP contribution in [-0.4, -0.2) is 24.3 Å². The third-order valence-corrected chi connectivity index (χ3v) is 2.79. The number of hydrogen-bond acceptors (Lipinski definition) is 2. The molecule has 0 amide bonds. The fourth-order valence-electron chi connectivity index (χ4n) is 1.90. The van der Waals surface area contributed by atoms with E-state index in [4.69, 9.17) is 9.84 Å².